The fourth-order valence-electron chi connectivity index (χ4n) is 6.80. The summed E-state index contributed by atoms with van der Waals surface area (Å²) in [6.07, 6.45) is -4.87. The van der Waals surface area contributed by atoms with Crippen LogP contribution in [-0.2, 0) is 12.4 Å². The van der Waals surface area contributed by atoms with E-state index >= 15 is 0 Å². The number of halogens is 8. The van der Waals surface area contributed by atoms with Gasteiger partial charge < -0.3 is 10.6 Å². The van der Waals surface area contributed by atoms with Crippen LogP contribution in [0.4, 0.5) is 38.0 Å². The molecule has 0 aliphatic carbocycles. The standard InChI is InChI=1S/C25H20ClF3N4OS.C25H18ClF3N4OS/c2*1-15(32-22(16-8-4-2-5-9-16)17-10-6-3-7-11-17)24-31-14-20(35-24)23(34)33-21-12-18(25(27,28)29)19(26)13-30-21/h2-15,22,32H,1H3,(H,30,33,34);2-14,22H,1H3,(H,30,33,34)/t15-;/m1./s1. The lowest BCUT2D eigenvalue weighted by Gasteiger charge is -2.23. The van der Waals surface area contributed by atoms with Crippen molar-refractivity contribution in [2.24, 2.45) is 4.99 Å². The fourth-order valence-corrected chi connectivity index (χ4v) is 8.81. The number of alkyl halides is 6. The molecular formula is C50H38Cl2F6N8O2S2. The molecule has 20 heteroatoms. The van der Waals surface area contributed by atoms with Crippen LogP contribution in [0.15, 0.2) is 163 Å². The van der Waals surface area contributed by atoms with Gasteiger partial charge in [0.1, 0.15) is 37.4 Å². The Balaban J connectivity index is 0.000000206. The molecule has 3 N–H and O–H groups in total. The molecule has 10 nitrogen and oxygen atoms in total. The van der Waals surface area contributed by atoms with Gasteiger partial charge in [-0.3, -0.25) is 19.9 Å². The summed E-state index contributed by atoms with van der Waals surface area (Å²) < 4.78 is 78.5. The smallest absolute Gasteiger partial charge is 0.306 e. The van der Waals surface area contributed by atoms with Crippen molar-refractivity contribution in [1.29, 1.82) is 0 Å². The maximum Gasteiger partial charge on any atom is 0.418 e. The molecule has 358 valence electrons. The maximum absolute atomic E-state index is 13.1. The predicted octanol–water partition coefficient (Wildman–Crippen LogP) is 14.0. The number of thiazole rings is 2. The van der Waals surface area contributed by atoms with Gasteiger partial charge in [0.25, 0.3) is 11.8 Å². The molecule has 0 saturated carbocycles. The fraction of sp³-hybridized carbons (Fsp3) is 0.140. The summed E-state index contributed by atoms with van der Waals surface area (Å²) in [5.41, 5.74) is 2.63. The second kappa shape index (κ2) is 22.7. The van der Waals surface area contributed by atoms with E-state index in [0.717, 1.165) is 57.3 Å². The average molecular weight is 1030 g/mol. The predicted molar refractivity (Wildman–Crippen MR) is 262 cm³/mol. The highest BCUT2D eigenvalue weighted by atomic mass is 35.5. The number of hydrogen-bond acceptors (Lipinski definition) is 10. The normalized spacial score (nSPS) is 12.3. The van der Waals surface area contributed by atoms with Crippen molar-refractivity contribution in [1.82, 2.24) is 25.3 Å². The van der Waals surface area contributed by atoms with Gasteiger partial charge in [-0.2, -0.15) is 26.3 Å². The monoisotopic (exact) mass is 1030 g/mol. The molecule has 4 aromatic carbocycles. The highest BCUT2D eigenvalue weighted by Crippen LogP contribution is 2.37. The number of nitrogens with zero attached hydrogens (tertiary/aromatic N) is 5. The summed E-state index contributed by atoms with van der Waals surface area (Å²) in [4.78, 5) is 46.8. The minimum Gasteiger partial charge on any atom is -0.306 e. The zero-order valence-corrected chi connectivity index (χ0v) is 39.8. The van der Waals surface area contributed by atoms with Crippen molar-refractivity contribution in [2.45, 2.75) is 44.3 Å². The Bertz CT molecular complexity index is 2990. The number of aromatic nitrogens is 4. The van der Waals surface area contributed by atoms with E-state index in [-0.39, 0.29) is 39.5 Å². The number of hydrogen-bond donors (Lipinski definition) is 3. The van der Waals surface area contributed by atoms with Crippen molar-refractivity contribution >= 4 is 75.0 Å². The summed E-state index contributed by atoms with van der Waals surface area (Å²) >= 11 is 13.4. The molecule has 0 unspecified atom stereocenters. The third-order valence-electron chi connectivity index (χ3n) is 10.2. The first-order valence-corrected chi connectivity index (χ1v) is 23.3. The Hall–Kier alpha value is -6.83. The molecule has 2 amide bonds. The number of benzene rings is 4. The third kappa shape index (κ3) is 13.3. The van der Waals surface area contributed by atoms with Gasteiger partial charge in [0.15, 0.2) is 0 Å². The Morgan fingerprint density at radius 1 is 0.571 bits per heavy atom. The van der Waals surface area contributed by atoms with Gasteiger partial charge >= 0.3 is 12.4 Å². The van der Waals surface area contributed by atoms with Crippen LogP contribution in [0.2, 0.25) is 10.0 Å². The third-order valence-corrected chi connectivity index (χ3v) is 13.1. The molecule has 0 bridgehead atoms. The van der Waals surface area contributed by atoms with E-state index in [1.54, 1.807) is 6.92 Å². The van der Waals surface area contributed by atoms with Gasteiger partial charge in [-0.15, -0.1) is 22.7 Å². The second-order valence-corrected chi connectivity index (χ2v) is 18.1. The summed E-state index contributed by atoms with van der Waals surface area (Å²) in [6.45, 7) is 3.74. The number of pyridine rings is 2. The SMILES string of the molecule is CC(=NC(c1ccccc1)c1ccccc1)c1ncc(C(=O)Nc2cc(C(F)(F)F)c(Cl)cn2)s1.C[C@@H](NC(c1ccccc1)c1ccccc1)c1ncc(C(=O)Nc2cc(C(F)(F)F)c(Cl)cn2)s1. The Morgan fingerprint density at radius 2 is 0.971 bits per heavy atom. The van der Waals surface area contributed by atoms with Crippen LogP contribution in [0.1, 0.15) is 94.7 Å². The van der Waals surface area contributed by atoms with E-state index in [4.69, 9.17) is 28.2 Å². The molecule has 0 spiro atoms. The number of amides is 2. The van der Waals surface area contributed by atoms with Crippen LogP contribution in [0, 0.1) is 0 Å². The minimum atomic E-state index is -4.67. The van der Waals surface area contributed by atoms with Crippen molar-refractivity contribution in [3.63, 3.8) is 0 Å². The van der Waals surface area contributed by atoms with E-state index in [1.165, 1.54) is 12.4 Å². The van der Waals surface area contributed by atoms with Crippen LogP contribution >= 0.6 is 45.9 Å². The van der Waals surface area contributed by atoms with Gasteiger partial charge in [0.2, 0.25) is 0 Å². The highest BCUT2D eigenvalue weighted by Gasteiger charge is 2.35. The molecule has 0 aliphatic rings. The van der Waals surface area contributed by atoms with Gasteiger partial charge in [-0.25, -0.2) is 19.9 Å². The van der Waals surface area contributed by atoms with Crippen LogP contribution in [0.3, 0.4) is 0 Å². The number of anilines is 2. The van der Waals surface area contributed by atoms with Gasteiger partial charge in [0, 0.05) is 12.4 Å². The lowest BCUT2D eigenvalue weighted by atomic mass is 9.98. The summed E-state index contributed by atoms with van der Waals surface area (Å²) in [5, 5.41) is 8.40. The lowest BCUT2D eigenvalue weighted by Crippen LogP contribution is -2.25. The van der Waals surface area contributed by atoms with E-state index in [0.29, 0.717) is 27.9 Å². The first-order valence-electron chi connectivity index (χ1n) is 20.9. The molecule has 0 saturated heterocycles. The number of carbonyl (C=O) groups is 2. The van der Waals surface area contributed by atoms with Crippen LogP contribution in [-0.4, -0.2) is 37.5 Å². The molecule has 1 atom stereocenters. The maximum atomic E-state index is 13.1. The van der Waals surface area contributed by atoms with Gasteiger partial charge in [-0.05, 0) is 48.2 Å². The lowest BCUT2D eigenvalue weighted by molar-refractivity contribution is -0.138. The van der Waals surface area contributed by atoms with Gasteiger partial charge in [-0.1, -0.05) is 145 Å². The minimum absolute atomic E-state index is 0.104. The number of carbonyl (C=O) groups excluding carboxylic acids is 2. The van der Waals surface area contributed by atoms with E-state index < -0.39 is 45.3 Å². The molecule has 0 radical (unpaired) electrons. The Morgan fingerprint density at radius 3 is 1.40 bits per heavy atom. The largest absolute Gasteiger partial charge is 0.418 e. The Labute approximate surface area is 415 Å². The molecule has 4 heterocycles. The van der Waals surface area contributed by atoms with Crippen molar-refractivity contribution in [3.05, 3.63) is 221 Å². The number of aliphatic imine (C=N–C) groups is 1. The zero-order chi connectivity index (χ0) is 50.0. The van der Waals surface area contributed by atoms with E-state index in [2.05, 4.69) is 35.9 Å². The first-order chi connectivity index (χ1) is 33.4. The number of rotatable bonds is 13. The zero-order valence-electron chi connectivity index (χ0n) is 36.6. The second-order valence-electron chi connectivity index (χ2n) is 15.2. The van der Waals surface area contributed by atoms with Crippen molar-refractivity contribution in [3.8, 4) is 0 Å². The summed E-state index contributed by atoms with van der Waals surface area (Å²) in [7, 11) is 0. The number of nitrogens with one attached hydrogen (secondary N) is 3. The average Bonchev–Trinajstić information content (AvgIpc) is 4.07. The van der Waals surface area contributed by atoms with E-state index in [1.807, 2.05) is 128 Å². The molecule has 4 aromatic heterocycles. The van der Waals surface area contributed by atoms with Gasteiger partial charge in [0.05, 0.1) is 51.4 Å². The van der Waals surface area contributed by atoms with Crippen molar-refractivity contribution in [2.75, 3.05) is 10.6 Å². The van der Waals surface area contributed by atoms with Crippen molar-refractivity contribution < 1.29 is 35.9 Å². The summed E-state index contributed by atoms with van der Waals surface area (Å²) in [6, 6.07) is 40.3. The molecular weight excluding hydrogens is 994 g/mol. The highest BCUT2D eigenvalue weighted by molar-refractivity contribution is 7.15. The van der Waals surface area contributed by atoms with E-state index in [9.17, 15) is 35.9 Å². The Kier molecular flexibility index (Phi) is 16.6. The first kappa shape index (κ1) is 51.0. The summed E-state index contributed by atoms with van der Waals surface area (Å²) in [5.74, 6) is -1.75. The van der Waals surface area contributed by atoms with Crippen LogP contribution in [0.5, 0.6) is 0 Å². The topological polar surface area (TPSA) is 134 Å². The molecule has 0 aliphatic heterocycles. The van der Waals surface area contributed by atoms with Crippen LogP contribution < -0.4 is 16.0 Å². The molecule has 8 aromatic rings. The molecule has 0 fully saturated rings. The van der Waals surface area contributed by atoms with Crippen LogP contribution in [0.25, 0.3) is 0 Å². The molecule has 70 heavy (non-hydrogen) atoms. The molecule has 8 rings (SSSR count). The quantitative estimate of drug-likeness (QED) is 0.0773.